The molecule has 5 aliphatic rings. The Kier molecular flexibility index (Phi) is 5.18. The average Bonchev–Trinajstić information content (AvgIpc) is 2.70. The first-order chi connectivity index (χ1) is 15.2. The van der Waals surface area contributed by atoms with Crippen LogP contribution < -0.4 is 15.0 Å². The molecule has 1 aromatic carbocycles. The van der Waals surface area contributed by atoms with Crippen molar-refractivity contribution in [1.82, 2.24) is 10.2 Å². The number of carbonyl (C=O) groups is 2. The summed E-state index contributed by atoms with van der Waals surface area (Å²) < 4.78 is 5.23. The van der Waals surface area contributed by atoms with E-state index in [1.165, 1.54) is 19.3 Å². The first kappa shape index (κ1) is 21.6. The minimum absolute atomic E-state index is 0.0254. The molecule has 2 atom stereocenters. The maximum atomic E-state index is 13.0. The fourth-order valence-electron chi connectivity index (χ4n) is 8.18. The Morgan fingerprint density at radius 3 is 2.16 bits per heavy atom. The van der Waals surface area contributed by atoms with Crippen LogP contribution in [0, 0.1) is 16.7 Å². The van der Waals surface area contributed by atoms with Crippen LogP contribution >= 0.6 is 0 Å². The number of nitrogens with zero attached hydrogens (tertiary/aromatic N) is 2. The number of ether oxygens (including phenoxy) is 1. The lowest BCUT2D eigenvalue weighted by molar-refractivity contribution is -0.144. The summed E-state index contributed by atoms with van der Waals surface area (Å²) in [4.78, 5) is 30.0. The Hall–Kier alpha value is -2.24. The highest BCUT2D eigenvalue weighted by Crippen LogP contribution is 2.66. The van der Waals surface area contributed by atoms with Crippen LogP contribution in [-0.2, 0) is 9.59 Å². The molecule has 4 bridgehead atoms. The lowest BCUT2D eigenvalue weighted by Gasteiger charge is -2.65. The summed E-state index contributed by atoms with van der Waals surface area (Å²) in [6, 6.07) is 8.03. The fraction of sp³-hybridized carbons (Fsp3) is 0.692. The fourth-order valence-corrected chi connectivity index (χ4v) is 8.18. The number of piperazine rings is 1. The minimum atomic E-state index is -0.0899. The number of carbonyl (C=O) groups excluding carboxylic acids is 2. The van der Waals surface area contributed by atoms with Crippen molar-refractivity contribution < 1.29 is 14.3 Å². The smallest absolute Gasteiger partial charge is 0.232 e. The molecule has 1 saturated heterocycles. The summed E-state index contributed by atoms with van der Waals surface area (Å²) in [5, 5.41) is 3.38. The van der Waals surface area contributed by atoms with Gasteiger partial charge in [-0.15, -0.1) is 0 Å². The van der Waals surface area contributed by atoms with E-state index in [4.69, 9.17) is 4.74 Å². The van der Waals surface area contributed by atoms with E-state index in [9.17, 15) is 9.59 Å². The van der Waals surface area contributed by atoms with Crippen LogP contribution in [0.3, 0.4) is 0 Å². The monoisotopic (exact) mass is 439 g/mol. The molecule has 0 radical (unpaired) electrons. The van der Waals surface area contributed by atoms with Crippen molar-refractivity contribution >= 4 is 17.5 Å². The van der Waals surface area contributed by atoms with Crippen molar-refractivity contribution in [2.75, 3.05) is 38.2 Å². The van der Waals surface area contributed by atoms with E-state index < -0.39 is 0 Å². The largest absolute Gasteiger partial charge is 0.497 e. The van der Waals surface area contributed by atoms with Crippen LogP contribution in [0.15, 0.2) is 24.3 Å². The molecule has 4 saturated carbocycles. The maximum absolute atomic E-state index is 13.0. The van der Waals surface area contributed by atoms with Crippen LogP contribution in [0.5, 0.6) is 5.75 Å². The second kappa shape index (κ2) is 7.67. The minimum Gasteiger partial charge on any atom is -0.497 e. The zero-order chi connectivity index (χ0) is 22.6. The van der Waals surface area contributed by atoms with Gasteiger partial charge in [0.05, 0.1) is 7.11 Å². The van der Waals surface area contributed by atoms with Gasteiger partial charge in [0.15, 0.2) is 0 Å². The molecule has 6 rings (SSSR count). The number of rotatable bonds is 5. The van der Waals surface area contributed by atoms with Crippen LogP contribution in [0.4, 0.5) is 5.69 Å². The highest BCUT2D eigenvalue weighted by molar-refractivity contribution is 5.97. The number of benzene rings is 1. The van der Waals surface area contributed by atoms with E-state index in [1.807, 2.05) is 17.0 Å². The number of nitrogens with one attached hydrogen (secondary N) is 1. The number of amides is 2. The van der Waals surface area contributed by atoms with Gasteiger partial charge in [-0.3, -0.25) is 9.59 Å². The van der Waals surface area contributed by atoms with E-state index in [0.29, 0.717) is 23.9 Å². The highest BCUT2D eigenvalue weighted by atomic mass is 16.5. The van der Waals surface area contributed by atoms with Crippen molar-refractivity contribution in [3.8, 4) is 5.75 Å². The van der Waals surface area contributed by atoms with Gasteiger partial charge in [0.2, 0.25) is 11.8 Å². The molecule has 0 aromatic heterocycles. The molecule has 1 aliphatic heterocycles. The third-order valence-electron chi connectivity index (χ3n) is 8.41. The van der Waals surface area contributed by atoms with Crippen LogP contribution in [0.1, 0.15) is 58.8 Å². The van der Waals surface area contributed by atoms with Gasteiger partial charge in [0.25, 0.3) is 0 Å². The SMILES string of the molecule is COc1ccc(N2CCN(C(=O)CC(=O)NC34CC5CC(C)(CC(C)(C5)C3)C4)CC2)cc1. The molecule has 32 heavy (non-hydrogen) atoms. The van der Waals surface area contributed by atoms with Crippen LogP contribution in [0.2, 0.25) is 0 Å². The molecule has 2 unspecified atom stereocenters. The Morgan fingerprint density at radius 2 is 1.59 bits per heavy atom. The number of hydrogen-bond acceptors (Lipinski definition) is 4. The molecular formula is C26H37N3O3. The zero-order valence-electron chi connectivity index (χ0n) is 19.8. The molecule has 2 amide bonds. The molecule has 4 aliphatic carbocycles. The van der Waals surface area contributed by atoms with Gasteiger partial charge >= 0.3 is 0 Å². The summed E-state index contributed by atoms with van der Waals surface area (Å²) in [6.07, 6.45) is 7.11. The molecule has 0 spiro atoms. The normalized spacial score (nSPS) is 35.7. The Morgan fingerprint density at radius 1 is 0.969 bits per heavy atom. The predicted octanol–water partition coefficient (Wildman–Crippen LogP) is 3.60. The van der Waals surface area contributed by atoms with E-state index in [1.54, 1.807) is 7.11 Å². The van der Waals surface area contributed by atoms with Gasteiger partial charge in [0.1, 0.15) is 12.2 Å². The topological polar surface area (TPSA) is 61.9 Å². The molecule has 174 valence electrons. The van der Waals surface area contributed by atoms with E-state index in [-0.39, 0.29) is 23.8 Å². The van der Waals surface area contributed by atoms with Gasteiger partial charge in [-0.05, 0) is 79.5 Å². The summed E-state index contributed by atoms with van der Waals surface area (Å²) in [5.41, 5.74) is 1.75. The van der Waals surface area contributed by atoms with Crippen LogP contribution in [-0.4, -0.2) is 55.5 Å². The molecule has 6 heteroatoms. The molecular weight excluding hydrogens is 402 g/mol. The van der Waals surface area contributed by atoms with Gasteiger partial charge in [-0.25, -0.2) is 0 Å². The van der Waals surface area contributed by atoms with Gasteiger partial charge in [-0.2, -0.15) is 0 Å². The number of methoxy groups -OCH3 is 1. The molecule has 1 heterocycles. The van der Waals surface area contributed by atoms with E-state index >= 15 is 0 Å². The quantitative estimate of drug-likeness (QED) is 0.712. The lowest BCUT2D eigenvalue weighted by Crippen LogP contribution is -2.65. The second-order valence-corrected chi connectivity index (χ2v) is 11.7. The summed E-state index contributed by atoms with van der Waals surface area (Å²) >= 11 is 0. The average molecular weight is 440 g/mol. The lowest BCUT2D eigenvalue weighted by atomic mass is 9.43. The van der Waals surface area contributed by atoms with E-state index in [0.717, 1.165) is 49.7 Å². The van der Waals surface area contributed by atoms with Crippen molar-refractivity contribution in [2.24, 2.45) is 16.7 Å². The first-order valence-corrected chi connectivity index (χ1v) is 12.2. The predicted molar refractivity (Wildman–Crippen MR) is 125 cm³/mol. The molecule has 5 fully saturated rings. The Balaban J connectivity index is 1.14. The molecule has 1 N–H and O–H groups in total. The third-order valence-corrected chi connectivity index (χ3v) is 8.41. The first-order valence-electron chi connectivity index (χ1n) is 12.2. The van der Waals surface area contributed by atoms with Crippen LogP contribution in [0.25, 0.3) is 0 Å². The number of hydrogen-bond donors (Lipinski definition) is 1. The summed E-state index contributed by atoms with van der Waals surface area (Å²) in [5.74, 6) is 1.44. The van der Waals surface area contributed by atoms with E-state index in [2.05, 4.69) is 36.2 Å². The Labute approximate surface area is 191 Å². The van der Waals surface area contributed by atoms with Crippen molar-refractivity contribution in [1.29, 1.82) is 0 Å². The third kappa shape index (κ3) is 4.08. The highest BCUT2D eigenvalue weighted by Gasteiger charge is 2.60. The van der Waals surface area contributed by atoms with Crippen molar-refractivity contribution in [3.63, 3.8) is 0 Å². The standard InChI is InChI=1S/C26H37N3O3/c1-24-13-19-14-25(2,16-24)18-26(15-19,17-24)27-22(30)12-23(31)29-10-8-28(9-11-29)20-4-6-21(32-3)7-5-20/h4-7,19H,8-18H2,1-3H3,(H,27,30). The van der Waals surface area contributed by atoms with Gasteiger partial charge < -0.3 is 19.9 Å². The summed E-state index contributed by atoms with van der Waals surface area (Å²) in [7, 11) is 1.67. The summed E-state index contributed by atoms with van der Waals surface area (Å²) in [6.45, 7) is 7.68. The zero-order valence-corrected chi connectivity index (χ0v) is 19.8. The molecule has 6 nitrogen and oxygen atoms in total. The number of anilines is 1. The maximum Gasteiger partial charge on any atom is 0.232 e. The molecule has 1 aromatic rings. The Bertz CT molecular complexity index is 872. The van der Waals surface area contributed by atoms with Crippen molar-refractivity contribution in [3.05, 3.63) is 24.3 Å². The second-order valence-electron chi connectivity index (χ2n) is 11.7. The van der Waals surface area contributed by atoms with Gasteiger partial charge in [-0.1, -0.05) is 13.8 Å². The van der Waals surface area contributed by atoms with Crippen molar-refractivity contribution in [2.45, 2.75) is 64.3 Å². The van der Waals surface area contributed by atoms with Gasteiger partial charge in [0, 0.05) is 37.4 Å².